The van der Waals surface area contributed by atoms with E-state index in [4.69, 9.17) is 10.5 Å². The summed E-state index contributed by atoms with van der Waals surface area (Å²) in [6.45, 7) is 0.802. The van der Waals surface area contributed by atoms with Gasteiger partial charge in [-0.3, -0.25) is 0 Å². The molecular formula is C11H16F2N2O3S. The number of sulfonamides is 1. The molecule has 108 valence electrons. The normalized spacial score (nSPS) is 12.2. The number of nitrogen functional groups attached to an aromatic ring is 1. The molecule has 0 aliphatic rings. The van der Waals surface area contributed by atoms with Crippen LogP contribution in [0.4, 0.5) is 14.5 Å². The SMILES string of the molecule is COc1cc(C)c(N)cc1S(=O)(=O)N(C)CC(F)F. The number of ether oxygens (including phenoxy) is 1. The molecule has 0 amide bonds. The quantitative estimate of drug-likeness (QED) is 0.835. The van der Waals surface area contributed by atoms with Crippen molar-refractivity contribution in [1.29, 1.82) is 0 Å². The van der Waals surface area contributed by atoms with E-state index in [-0.39, 0.29) is 16.3 Å². The van der Waals surface area contributed by atoms with Gasteiger partial charge in [0, 0.05) is 12.7 Å². The largest absolute Gasteiger partial charge is 0.495 e. The Morgan fingerprint density at radius 1 is 1.42 bits per heavy atom. The summed E-state index contributed by atoms with van der Waals surface area (Å²) in [5.74, 6) is 0.0767. The maximum Gasteiger partial charge on any atom is 0.252 e. The Bertz CT molecular complexity index is 561. The standard InChI is InChI=1S/C11H16F2N2O3S/c1-7-4-9(18-3)10(5-8(7)14)19(16,17)15(2)6-11(12)13/h4-5,11H,6,14H2,1-3H3. The highest BCUT2D eigenvalue weighted by atomic mass is 32.2. The highest BCUT2D eigenvalue weighted by Crippen LogP contribution is 2.30. The van der Waals surface area contributed by atoms with Crippen molar-refractivity contribution < 1.29 is 21.9 Å². The Labute approximate surface area is 111 Å². The number of anilines is 1. The Hall–Kier alpha value is -1.41. The molecule has 0 atom stereocenters. The van der Waals surface area contributed by atoms with Crippen LogP contribution in [0.3, 0.4) is 0 Å². The molecule has 0 fully saturated rings. The third kappa shape index (κ3) is 3.32. The molecule has 0 saturated carbocycles. The first-order chi connectivity index (χ1) is 8.70. The summed E-state index contributed by atoms with van der Waals surface area (Å²) in [5.41, 5.74) is 6.56. The zero-order valence-electron chi connectivity index (χ0n) is 10.9. The van der Waals surface area contributed by atoms with Crippen LogP contribution in [0.1, 0.15) is 5.56 Å². The van der Waals surface area contributed by atoms with Crippen molar-refractivity contribution in [1.82, 2.24) is 4.31 Å². The number of hydrogen-bond acceptors (Lipinski definition) is 4. The van der Waals surface area contributed by atoms with Crippen LogP contribution in [-0.4, -0.2) is 39.9 Å². The molecule has 0 heterocycles. The molecule has 0 radical (unpaired) electrons. The number of aryl methyl sites for hydroxylation is 1. The first kappa shape index (κ1) is 15.6. The third-order valence-corrected chi connectivity index (χ3v) is 4.48. The Morgan fingerprint density at radius 2 is 2.00 bits per heavy atom. The average Bonchev–Trinajstić information content (AvgIpc) is 2.30. The summed E-state index contributed by atoms with van der Waals surface area (Å²) in [6.07, 6.45) is -2.76. The molecule has 0 aliphatic heterocycles. The van der Waals surface area contributed by atoms with Gasteiger partial charge in [0.2, 0.25) is 10.0 Å². The minimum atomic E-state index is -4.07. The van der Waals surface area contributed by atoms with Crippen LogP contribution in [0.2, 0.25) is 0 Å². The Kier molecular flexibility index (Phi) is 4.70. The molecule has 5 nitrogen and oxygen atoms in total. The van der Waals surface area contributed by atoms with Crippen LogP contribution < -0.4 is 10.5 Å². The van der Waals surface area contributed by atoms with E-state index < -0.39 is 23.0 Å². The first-order valence-corrected chi connectivity index (χ1v) is 6.82. The lowest BCUT2D eigenvalue weighted by Gasteiger charge is -2.19. The highest BCUT2D eigenvalue weighted by molar-refractivity contribution is 7.89. The molecule has 0 bridgehead atoms. The van der Waals surface area contributed by atoms with E-state index in [0.717, 1.165) is 7.05 Å². The third-order valence-electron chi connectivity index (χ3n) is 2.64. The summed E-state index contributed by atoms with van der Waals surface area (Å²) >= 11 is 0. The van der Waals surface area contributed by atoms with Crippen molar-refractivity contribution in [2.75, 3.05) is 26.4 Å². The van der Waals surface area contributed by atoms with Gasteiger partial charge in [-0.2, -0.15) is 4.31 Å². The van der Waals surface area contributed by atoms with Crippen molar-refractivity contribution in [2.45, 2.75) is 18.2 Å². The van der Waals surface area contributed by atoms with E-state index in [0.29, 0.717) is 9.87 Å². The number of rotatable bonds is 5. The van der Waals surface area contributed by atoms with Crippen molar-refractivity contribution in [3.05, 3.63) is 17.7 Å². The molecule has 1 aromatic rings. The van der Waals surface area contributed by atoms with Gasteiger partial charge in [-0.25, -0.2) is 17.2 Å². The lowest BCUT2D eigenvalue weighted by Crippen LogP contribution is -2.31. The van der Waals surface area contributed by atoms with Gasteiger partial charge in [0.1, 0.15) is 10.6 Å². The number of nitrogens with zero attached hydrogens (tertiary/aromatic N) is 1. The molecule has 0 unspecified atom stereocenters. The molecule has 0 saturated heterocycles. The van der Waals surface area contributed by atoms with Gasteiger partial charge in [0.15, 0.2) is 0 Å². The predicted octanol–water partition coefficient (Wildman–Crippen LogP) is 1.47. The van der Waals surface area contributed by atoms with Gasteiger partial charge in [0.25, 0.3) is 6.43 Å². The van der Waals surface area contributed by atoms with Crippen molar-refractivity contribution >= 4 is 15.7 Å². The van der Waals surface area contributed by atoms with Crippen LogP contribution >= 0.6 is 0 Å². The minimum absolute atomic E-state index is 0.0767. The number of benzene rings is 1. The molecule has 19 heavy (non-hydrogen) atoms. The smallest absolute Gasteiger partial charge is 0.252 e. The maximum absolute atomic E-state index is 12.3. The molecule has 0 aliphatic carbocycles. The number of hydrogen-bond donors (Lipinski definition) is 1. The predicted molar refractivity (Wildman–Crippen MR) is 68.0 cm³/mol. The molecule has 8 heteroatoms. The number of nitrogens with two attached hydrogens (primary N) is 1. The van der Waals surface area contributed by atoms with Crippen molar-refractivity contribution in [2.24, 2.45) is 0 Å². The van der Waals surface area contributed by atoms with Gasteiger partial charge in [-0.05, 0) is 24.6 Å². The van der Waals surface area contributed by atoms with Crippen LogP contribution in [0.15, 0.2) is 17.0 Å². The van der Waals surface area contributed by atoms with E-state index in [2.05, 4.69) is 0 Å². The van der Waals surface area contributed by atoms with Crippen molar-refractivity contribution in [3.63, 3.8) is 0 Å². The van der Waals surface area contributed by atoms with Gasteiger partial charge in [0.05, 0.1) is 13.7 Å². The molecular weight excluding hydrogens is 278 g/mol. The van der Waals surface area contributed by atoms with E-state index in [9.17, 15) is 17.2 Å². The molecule has 0 aromatic heterocycles. The topological polar surface area (TPSA) is 72.6 Å². The summed E-state index contributed by atoms with van der Waals surface area (Å²) in [4.78, 5) is -0.221. The number of halogens is 2. The maximum atomic E-state index is 12.3. The molecule has 0 spiro atoms. The lowest BCUT2D eigenvalue weighted by molar-refractivity contribution is 0.126. The first-order valence-electron chi connectivity index (χ1n) is 5.38. The summed E-state index contributed by atoms with van der Waals surface area (Å²) < 4.78 is 54.5. The Morgan fingerprint density at radius 3 is 2.47 bits per heavy atom. The zero-order valence-corrected chi connectivity index (χ0v) is 11.7. The fourth-order valence-corrected chi connectivity index (χ4v) is 2.82. The Balaban J connectivity index is 3.32. The monoisotopic (exact) mass is 294 g/mol. The fraction of sp³-hybridized carbons (Fsp3) is 0.455. The van der Waals surface area contributed by atoms with Gasteiger partial charge < -0.3 is 10.5 Å². The van der Waals surface area contributed by atoms with Crippen LogP contribution in [0.5, 0.6) is 5.75 Å². The van der Waals surface area contributed by atoms with E-state index in [1.54, 1.807) is 6.92 Å². The molecule has 2 N–H and O–H groups in total. The zero-order chi connectivity index (χ0) is 14.8. The summed E-state index contributed by atoms with van der Waals surface area (Å²) in [5, 5.41) is 0. The van der Waals surface area contributed by atoms with E-state index in [1.165, 1.54) is 19.2 Å². The van der Waals surface area contributed by atoms with Crippen LogP contribution in [-0.2, 0) is 10.0 Å². The average molecular weight is 294 g/mol. The van der Waals surface area contributed by atoms with E-state index >= 15 is 0 Å². The summed E-state index contributed by atoms with van der Waals surface area (Å²) in [7, 11) is -1.68. The number of alkyl halides is 2. The molecule has 1 rings (SSSR count). The van der Waals surface area contributed by atoms with Crippen molar-refractivity contribution in [3.8, 4) is 5.75 Å². The fourth-order valence-electron chi connectivity index (χ4n) is 1.50. The van der Waals surface area contributed by atoms with Gasteiger partial charge in [-0.1, -0.05) is 0 Å². The lowest BCUT2D eigenvalue weighted by atomic mass is 10.2. The second kappa shape index (κ2) is 5.70. The number of methoxy groups -OCH3 is 1. The van der Waals surface area contributed by atoms with E-state index in [1.807, 2.05) is 0 Å². The highest BCUT2D eigenvalue weighted by Gasteiger charge is 2.27. The molecule has 1 aromatic carbocycles. The van der Waals surface area contributed by atoms with Crippen LogP contribution in [0, 0.1) is 6.92 Å². The second-order valence-electron chi connectivity index (χ2n) is 4.04. The summed E-state index contributed by atoms with van der Waals surface area (Å²) in [6, 6.07) is 2.67. The van der Waals surface area contributed by atoms with Crippen LogP contribution in [0.25, 0.3) is 0 Å². The van der Waals surface area contributed by atoms with Gasteiger partial charge >= 0.3 is 0 Å². The minimum Gasteiger partial charge on any atom is -0.495 e. The second-order valence-corrected chi connectivity index (χ2v) is 6.05. The van der Waals surface area contributed by atoms with Gasteiger partial charge in [-0.15, -0.1) is 0 Å².